The van der Waals surface area contributed by atoms with E-state index >= 15 is 0 Å². The number of anilines is 1. The predicted molar refractivity (Wildman–Crippen MR) is 95.5 cm³/mol. The van der Waals surface area contributed by atoms with E-state index in [0.717, 1.165) is 24.0 Å². The number of aromatic nitrogens is 2. The Bertz CT molecular complexity index is 791. The Morgan fingerprint density at radius 1 is 1.16 bits per heavy atom. The van der Waals surface area contributed by atoms with E-state index in [1.807, 2.05) is 18.5 Å². The van der Waals surface area contributed by atoms with Crippen LogP contribution < -0.4 is 5.32 Å². The van der Waals surface area contributed by atoms with Crippen molar-refractivity contribution >= 4 is 17.6 Å². The SMILES string of the molecule is O=C(O)N1CC=C(c2cnc(NC3Cc4ccccc4C3)nc2)CC1. The molecule has 0 atom stereocenters. The Balaban J connectivity index is 1.39. The van der Waals surface area contributed by atoms with Gasteiger partial charge in [0.05, 0.1) is 0 Å². The molecule has 1 aliphatic carbocycles. The number of amides is 1. The van der Waals surface area contributed by atoms with Gasteiger partial charge in [0.2, 0.25) is 5.95 Å². The zero-order valence-electron chi connectivity index (χ0n) is 13.9. The highest BCUT2D eigenvalue weighted by Crippen LogP contribution is 2.24. The number of nitrogens with zero attached hydrogens (tertiary/aromatic N) is 3. The molecule has 2 heterocycles. The van der Waals surface area contributed by atoms with Crippen molar-refractivity contribution in [3.63, 3.8) is 0 Å². The quantitative estimate of drug-likeness (QED) is 0.901. The van der Waals surface area contributed by atoms with Crippen molar-refractivity contribution in [2.45, 2.75) is 25.3 Å². The summed E-state index contributed by atoms with van der Waals surface area (Å²) in [5, 5.41) is 12.4. The summed E-state index contributed by atoms with van der Waals surface area (Å²) in [6.45, 7) is 0.937. The van der Waals surface area contributed by atoms with Crippen molar-refractivity contribution in [2.75, 3.05) is 18.4 Å². The smallest absolute Gasteiger partial charge is 0.407 e. The fourth-order valence-corrected chi connectivity index (χ4v) is 3.52. The zero-order valence-corrected chi connectivity index (χ0v) is 13.9. The molecule has 2 aliphatic rings. The molecule has 6 nitrogen and oxygen atoms in total. The van der Waals surface area contributed by atoms with Gasteiger partial charge in [0, 0.05) is 37.1 Å². The number of rotatable bonds is 3. The highest BCUT2D eigenvalue weighted by molar-refractivity contribution is 5.70. The first-order valence-corrected chi connectivity index (χ1v) is 8.51. The summed E-state index contributed by atoms with van der Waals surface area (Å²) >= 11 is 0. The van der Waals surface area contributed by atoms with Gasteiger partial charge in [-0.25, -0.2) is 14.8 Å². The molecule has 25 heavy (non-hydrogen) atoms. The first-order valence-electron chi connectivity index (χ1n) is 8.51. The van der Waals surface area contributed by atoms with Gasteiger partial charge in [-0.3, -0.25) is 0 Å². The predicted octanol–water partition coefficient (Wildman–Crippen LogP) is 2.82. The number of hydrogen-bond donors (Lipinski definition) is 2. The highest BCUT2D eigenvalue weighted by atomic mass is 16.4. The van der Waals surface area contributed by atoms with Gasteiger partial charge in [-0.2, -0.15) is 0 Å². The molecule has 2 N–H and O–H groups in total. The van der Waals surface area contributed by atoms with Crippen LogP contribution in [0, 0.1) is 0 Å². The normalized spacial score (nSPS) is 17.1. The third-order valence-corrected chi connectivity index (χ3v) is 4.89. The minimum Gasteiger partial charge on any atom is -0.465 e. The summed E-state index contributed by atoms with van der Waals surface area (Å²) in [6, 6.07) is 8.85. The van der Waals surface area contributed by atoms with Gasteiger partial charge in [-0.1, -0.05) is 30.3 Å². The summed E-state index contributed by atoms with van der Waals surface area (Å²) in [4.78, 5) is 21.2. The van der Waals surface area contributed by atoms with Crippen LogP contribution in [0.5, 0.6) is 0 Å². The van der Waals surface area contributed by atoms with Gasteiger partial charge in [0.1, 0.15) is 0 Å². The van der Waals surface area contributed by atoms with Crippen molar-refractivity contribution in [1.82, 2.24) is 14.9 Å². The van der Waals surface area contributed by atoms with Crippen LogP contribution in [0.15, 0.2) is 42.7 Å². The van der Waals surface area contributed by atoms with Gasteiger partial charge >= 0.3 is 6.09 Å². The number of benzene rings is 1. The Morgan fingerprint density at radius 2 is 1.84 bits per heavy atom. The van der Waals surface area contributed by atoms with Gasteiger partial charge in [0.15, 0.2) is 0 Å². The summed E-state index contributed by atoms with van der Waals surface area (Å²) in [7, 11) is 0. The maximum atomic E-state index is 11.0. The van der Waals surface area contributed by atoms with E-state index in [4.69, 9.17) is 5.11 Å². The highest BCUT2D eigenvalue weighted by Gasteiger charge is 2.21. The number of hydrogen-bond acceptors (Lipinski definition) is 4. The van der Waals surface area contributed by atoms with Crippen molar-refractivity contribution in [1.29, 1.82) is 0 Å². The third kappa shape index (κ3) is 3.33. The van der Waals surface area contributed by atoms with Gasteiger partial charge < -0.3 is 15.3 Å². The van der Waals surface area contributed by atoms with E-state index < -0.39 is 6.09 Å². The molecule has 0 fully saturated rings. The number of carboxylic acid groups (broad SMARTS) is 1. The molecular weight excluding hydrogens is 316 g/mol. The molecule has 0 bridgehead atoms. The molecule has 1 aromatic carbocycles. The second-order valence-corrected chi connectivity index (χ2v) is 6.52. The van der Waals surface area contributed by atoms with E-state index in [-0.39, 0.29) is 0 Å². The van der Waals surface area contributed by atoms with Crippen molar-refractivity contribution in [3.05, 3.63) is 59.4 Å². The Labute approximate surface area is 146 Å². The number of nitrogens with one attached hydrogen (secondary N) is 1. The minimum atomic E-state index is -0.872. The van der Waals surface area contributed by atoms with E-state index in [9.17, 15) is 4.79 Å². The Hall–Kier alpha value is -2.89. The van der Waals surface area contributed by atoms with Gasteiger partial charge in [0.25, 0.3) is 0 Å². The summed E-state index contributed by atoms with van der Waals surface area (Å²) < 4.78 is 0. The average Bonchev–Trinajstić information content (AvgIpc) is 3.05. The molecule has 0 saturated carbocycles. The molecule has 128 valence electrons. The molecule has 4 rings (SSSR count). The van der Waals surface area contributed by atoms with Crippen molar-refractivity contribution in [3.8, 4) is 0 Å². The fraction of sp³-hybridized carbons (Fsp3) is 0.316. The lowest BCUT2D eigenvalue weighted by molar-refractivity contribution is 0.150. The molecular formula is C19H20N4O2. The van der Waals surface area contributed by atoms with Crippen LogP contribution in [0.25, 0.3) is 5.57 Å². The topological polar surface area (TPSA) is 78.3 Å². The van der Waals surface area contributed by atoms with Crippen LogP contribution in [0.2, 0.25) is 0 Å². The standard InChI is InChI=1S/C19H20N4O2/c24-19(25)23-7-5-13(6-8-23)16-11-20-18(21-12-16)22-17-9-14-3-1-2-4-15(14)10-17/h1-5,11-12,17H,6-10H2,(H,24,25)(H,20,21,22). The number of carbonyl (C=O) groups is 1. The van der Waals surface area contributed by atoms with E-state index in [1.54, 1.807) is 0 Å². The summed E-state index contributed by atoms with van der Waals surface area (Å²) in [6.07, 6.45) is 7.40. The third-order valence-electron chi connectivity index (χ3n) is 4.89. The summed E-state index contributed by atoms with van der Waals surface area (Å²) in [5.74, 6) is 0.644. The molecule has 6 heteroatoms. The maximum Gasteiger partial charge on any atom is 0.407 e. The fourth-order valence-electron chi connectivity index (χ4n) is 3.52. The van der Waals surface area contributed by atoms with E-state index in [0.29, 0.717) is 31.5 Å². The molecule has 1 aromatic heterocycles. The molecule has 0 saturated heterocycles. The largest absolute Gasteiger partial charge is 0.465 e. The second-order valence-electron chi connectivity index (χ2n) is 6.52. The van der Waals surface area contributed by atoms with Gasteiger partial charge in [-0.05, 0) is 36.0 Å². The van der Waals surface area contributed by atoms with Crippen LogP contribution in [0.1, 0.15) is 23.1 Å². The maximum absolute atomic E-state index is 11.0. The lowest BCUT2D eigenvalue weighted by Crippen LogP contribution is -2.33. The lowest BCUT2D eigenvalue weighted by Gasteiger charge is -2.23. The molecule has 0 spiro atoms. The minimum absolute atomic E-state index is 0.335. The first kappa shape index (κ1) is 15.6. The molecule has 0 radical (unpaired) electrons. The molecule has 0 unspecified atom stereocenters. The van der Waals surface area contributed by atoms with Crippen LogP contribution in [-0.4, -0.2) is 45.2 Å². The zero-order chi connectivity index (χ0) is 17.2. The van der Waals surface area contributed by atoms with Crippen LogP contribution in [0.4, 0.5) is 10.7 Å². The van der Waals surface area contributed by atoms with Crippen LogP contribution >= 0.6 is 0 Å². The number of fused-ring (bicyclic) bond motifs is 1. The summed E-state index contributed by atoms with van der Waals surface area (Å²) in [5.41, 5.74) is 4.86. The molecule has 1 aliphatic heterocycles. The Morgan fingerprint density at radius 3 is 2.40 bits per heavy atom. The lowest BCUT2D eigenvalue weighted by atomic mass is 10.0. The van der Waals surface area contributed by atoms with Crippen LogP contribution in [0.3, 0.4) is 0 Å². The Kier molecular flexibility index (Phi) is 4.09. The van der Waals surface area contributed by atoms with Crippen molar-refractivity contribution < 1.29 is 9.90 Å². The van der Waals surface area contributed by atoms with E-state index in [2.05, 4.69) is 39.6 Å². The monoisotopic (exact) mass is 336 g/mol. The second kappa shape index (κ2) is 6.55. The van der Waals surface area contributed by atoms with E-state index in [1.165, 1.54) is 16.0 Å². The first-order chi connectivity index (χ1) is 12.2. The van der Waals surface area contributed by atoms with Crippen LogP contribution in [-0.2, 0) is 12.8 Å². The van der Waals surface area contributed by atoms with Gasteiger partial charge in [-0.15, -0.1) is 0 Å². The molecule has 1 amide bonds. The average molecular weight is 336 g/mol. The van der Waals surface area contributed by atoms with Crippen molar-refractivity contribution in [2.24, 2.45) is 0 Å². The molecule has 2 aromatic rings.